The first-order chi connectivity index (χ1) is 1.73. The van der Waals surface area contributed by atoms with Gasteiger partial charge in [0.15, 0.2) is 0 Å². The highest BCUT2D eigenvalue weighted by atomic mass is 16.9. The lowest BCUT2D eigenvalue weighted by atomic mass is 13.1. The quantitative estimate of drug-likeness (QED) is 0.298. The molecule has 0 saturated carbocycles. The zero-order valence-electron chi connectivity index (χ0n) is 5.71. The molecule has 12 heteroatoms. The van der Waals surface area contributed by atoms with Crippen LogP contribution in [0.2, 0.25) is 0 Å². The van der Waals surface area contributed by atoms with E-state index >= 15 is 0 Å². The van der Waals surface area contributed by atoms with Crippen molar-refractivity contribution in [3.8, 4) is 0 Å². The van der Waals surface area contributed by atoms with Crippen molar-refractivity contribution in [3.05, 3.63) is 10.1 Å². The summed E-state index contributed by atoms with van der Waals surface area (Å²) in [7, 11) is 0. The van der Waals surface area contributed by atoms with Crippen LogP contribution in [-0.2, 0) is 0 Å². The summed E-state index contributed by atoms with van der Waals surface area (Å²) in [5, 5.41) is 13.6. The summed E-state index contributed by atoms with van der Waals surface area (Å²) in [6.07, 6.45) is 0. The molecule has 12 heavy (non-hydrogen) atoms. The first-order valence-corrected chi connectivity index (χ1v) is 0.565. The van der Waals surface area contributed by atoms with E-state index in [1.807, 2.05) is 0 Å². The highest BCUT2D eigenvalue weighted by molar-refractivity contribution is 3.83. The molecule has 0 unspecified atom stereocenters. The van der Waals surface area contributed by atoms with Crippen molar-refractivity contribution in [1.82, 2.24) is 0 Å². The molecule has 0 aromatic rings. The van der Waals surface area contributed by atoms with Crippen molar-refractivity contribution in [2.45, 2.75) is 0 Å². The van der Waals surface area contributed by atoms with Crippen molar-refractivity contribution in [3.63, 3.8) is 0 Å². The van der Waals surface area contributed by atoms with Crippen LogP contribution in [-0.4, -0.2) is 54.1 Å². The highest BCUT2D eigenvalue weighted by Gasteiger charge is 1.65. The van der Waals surface area contributed by atoms with E-state index in [2.05, 4.69) is 0 Å². The fourth-order valence-corrected chi connectivity index (χ4v) is 0. The van der Waals surface area contributed by atoms with Crippen LogP contribution in [0.15, 0.2) is 0 Å². The Morgan fingerprint density at radius 3 is 0.750 bits per heavy atom. The van der Waals surface area contributed by atoms with Crippen molar-refractivity contribution in [2.75, 3.05) is 0 Å². The number of rotatable bonds is 0. The van der Waals surface area contributed by atoms with Crippen LogP contribution < -0.4 is 0 Å². The minimum Gasteiger partial charge on any atom is -0.412 e. The Labute approximate surface area is 65.6 Å². The van der Waals surface area contributed by atoms with Gasteiger partial charge in [-0.2, -0.15) is 0 Å². The molecule has 0 saturated heterocycles. The molecule has 0 bridgehead atoms. The van der Waals surface area contributed by atoms with Gasteiger partial charge in [0.1, 0.15) is 0 Å². The average molecular weight is 207 g/mol. The van der Waals surface area contributed by atoms with Crippen LogP contribution in [0.4, 0.5) is 0 Å². The van der Waals surface area contributed by atoms with Gasteiger partial charge in [0.05, 0.1) is 0 Å². The molecule has 0 heterocycles. The van der Waals surface area contributed by atoms with E-state index < -0.39 is 5.09 Å². The van der Waals surface area contributed by atoms with E-state index in [4.69, 9.17) is 15.3 Å². The van der Waals surface area contributed by atoms with Crippen LogP contribution in [0.1, 0.15) is 0 Å². The monoisotopic (exact) mass is 207 g/mol. The molecular formula is H17NO11. The van der Waals surface area contributed by atoms with Gasteiger partial charge in [-0.05, 0) is 0 Å². The van der Waals surface area contributed by atoms with Crippen LogP contribution in [0, 0.1) is 10.1 Å². The summed E-state index contributed by atoms with van der Waals surface area (Å²) in [6, 6.07) is 0. The van der Waals surface area contributed by atoms with Crippen LogP contribution in [0.3, 0.4) is 0 Å². The molecule has 0 atom stereocenters. The van der Waals surface area contributed by atoms with Crippen molar-refractivity contribution in [2.24, 2.45) is 0 Å². The maximum Gasteiger partial charge on any atom is 0.291 e. The van der Waals surface area contributed by atoms with E-state index in [0.717, 1.165) is 0 Å². The highest BCUT2D eigenvalue weighted by Crippen LogP contribution is 1.38. The second kappa shape index (κ2) is 220. The molecule has 0 aliphatic heterocycles. The zero-order chi connectivity index (χ0) is 3.58. The SMILES string of the molecule is O.O.O.O.O.O.O.O.O=[N+]([O-])O. The Hall–Kier alpha value is -1.12. The van der Waals surface area contributed by atoms with Gasteiger partial charge >= 0.3 is 0 Å². The predicted molar refractivity (Wildman–Crippen MR) is 37.7 cm³/mol. The van der Waals surface area contributed by atoms with E-state index in [1.54, 1.807) is 0 Å². The van der Waals surface area contributed by atoms with Crippen molar-refractivity contribution >= 4 is 0 Å². The Morgan fingerprint density at radius 1 is 0.750 bits per heavy atom. The van der Waals surface area contributed by atoms with Gasteiger partial charge in [-0.3, -0.25) is 0 Å². The minimum absolute atomic E-state index is 0. The van der Waals surface area contributed by atoms with Gasteiger partial charge < -0.3 is 49.0 Å². The lowest BCUT2D eigenvalue weighted by Crippen LogP contribution is -1.81. The fourth-order valence-electron chi connectivity index (χ4n) is 0. The first-order valence-electron chi connectivity index (χ1n) is 0.565. The number of hydrogen-bond donors (Lipinski definition) is 1. The summed E-state index contributed by atoms with van der Waals surface area (Å²) in [6.45, 7) is 0. The summed E-state index contributed by atoms with van der Waals surface area (Å²) in [5.74, 6) is 0. The van der Waals surface area contributed by atoms with E-state index in [1.165, 1.54) is 0 Å². The van der Waals surface area contributed by atoms with Gasteiger partial charge in [0.25, 0.3) is 5.09 Å². The zero-order valence-corrected chi connectivity index (χ0v) is 5.71. The molecule has 0 aliphatic carbocycles. The molecule has 0 spiro atoms. The van der Waals surface area contributed by atoms with Crippen LogP contribution in [0.5, 0.6) is 0 Å². The maximum absolute atomic E-state index is 8.36. The molecule has 0 aliphatic rings. The predicted octanol–water partition coefficient (Wildman–Crippen LogP) is -6.95. The molecule has 0 radical (unpaired) electrons. The normalized spacial score (nSPS) is 2.00. The minimum atomic E-state index is -1.50. The van der Waals surface area contributed by atoms with Gasteiger partial charge in [-0.15, -0.1) is 10.1 Å². The fraction of sp³-hybridized carbons (Fsp3) is 0. The molecule has 12 nitrogen and oxygen atoms in total. The van der Waals surface area contributed by atoms with Crippen LogP contribution >= 0.6 is 0 Å². The molecule has 0 aromatic carbocycles. The Morgan fingerprint density at radius 2 is 0.750 bits per heavy atom. The summed E-state index contributed by atoms with van der Waals surface area (Å²) < 4.78 is 0. The smallest absolute Gasteiger partial charge is 0.291 e. The molecule has 0 aromatic heterocycles. The Bertz CT molecular complexity index is 28.0. The lowest BCUT2D eigenvalue weighted by molar-refractivity contribution is -0.742. The lowest BCUT2D eigenvalue weighted by Gasteiger charge is -1.56. The third-order valence-electron chi connectivity index (χ3n) is 0. The Kier molecular flexibility index (Phi) is 5520. The molecule has 88 valence electrons. The van der Waals surface area contributed by atoms with Gasteiger partial charge in [-0.25, -0.2) is 0 Å². The maximum atomic E-state index is 8.36. The molecule has 17 N–H and O–H groups in total. The van der Waals surface area contributed by atoms with Gasteiger partial charge in [0.2, 0.25) is 0 Å². The third kappa shape index (κ3) is 440. The Balaban J connectivity index is -0.00000000161. The van der Waals surface area contributed by atoms with E-state index in [-0.39, 0.29) is 43.8 Å². The topological polar surface area (TPSA) is 315 Å². The van der Waals surface area contributed by atoms with E-state index in [9.17, 15) is 0 Å². The second-order valence-electron chi connectivity index (χ2n) is 0.238. The third-order valence-corrected chi connectivity index (χ3v) is 0. The molecule has 0 rings (SSSR count). The molecule has 0 amide bonds. The summed E-state index contributed by atoms with van der Waals surface area (Å²) in [5.41, 5.74) is 0. The molecular weight excluding hydrogens is 190 g/mol. The summed E-state index contributed by atoms with van der Waals surface area (Å²) in [4.78, 5) is 8.36. The van der Waals surface area contributed by atoms with Gasteiger partial charge in [-0.1, -0.05) is 0 Å². The van der Waals surface area contributed by atoms with E-state index in [0.29, 0.717) is 0 Å². The van der Waals surface area contributed by atoms with Crippen LogP contribution in [0.25, 0.3) is 0 Å². The van der Waals surface area contributed by atoms with Crippen molar-refractivity contribution < 1.29 is 54.1 Å². The van der Waals surface area contributed by atoms with Gasteiger partial charge in [0, 0.05) is 0 Å². The molecule has 0 fully saturated rings. The largest absolute Gasteiger partial charge is 0.412 e. The first kappa shape index (κ1) is 300. The van der Waals surface area contributed by atoms with Crippen molar-refractivity contribution in [1.29, 1.82) is 0 Å². The number of hydrogen-bond acceptors (Lipinski definition) is 2. The summed E-state index contributed by atoms with van der Waals surface area (Å²) >= 11 is 0. The number of nitrogens with zero attached hydrogens (tertiary/aromatic N) is 1. The average Bonchev–Trinajstić information content (AvgIpc) is 0.811. The second-order valence-corrected chi connectivity index (χ2v) is 0.238. The standard InChI is InChI=1S/HNO3.8H2O/c2-1(3)4;;;;;;;;/h(H,2,3,4);8*1H2.